The quantitative estimate of drug-likeness (QED) is 0.458. The summed E-state index contributed by atoms with van der Waals surface area (Å²) in [5.74, 6) is 0. The van der Waals surface area contributed by atoms with Crippen molar-refractivity contribution in [1.29, 1.82) is 0 Å². The molecule has 2 aromatic heterocycles. The molecule has 2 aromatic rings. The van der Waals surface area contributed by atoms with E-state index in [-0.39, 0.29) is 12.6 Å². The van der Waals surface area contributed by atoms with Crippen LogP contribution in [-0.2, 0) is 39.5 Å². The van der Waals surface area contributed by atoms with Crippen molar-refractivity contribution in [3.8, 4) is 11.4 Å². The Hall–Kier alpha value is -1.08. The zero-order valence-electron chi connectivity index (χ0n) is 17.7. The topological polar surface area (TPSA) is 81.2 Å². The molecule has 0 aromatic carbocycles. The highest BCUT2D eigenvalue weighted by atomic mass is 31.2. The molecule has 8 nitrogen and oxygen atoms in total. The van der Waals surface area contributed by atoms with Crippen LogP contribution in [0, 0.1) is 0 Å². The summed E-state index contributed by atoms with van der Waals surface area (Å²) in [4.78, 5) is 9.01. The summed E-state index contributed by atoms with van der Waals surface area (Å²) < 4.78 is 34.9. The standard InChI is InChI=1S/C20H28N2O6P2/c1-5-23-29(25-15(3)26-29)13-17-7-9-21-19(11-17)20-12-18(8-10-22-20)14-30(24-6-2)27-16(4)28-30/h7-12,15-16H,5-6,13-14H2,1-4H3/q+2. The number of aromatic nitrogens is 2. The van der Waals surface area contributed by atoms with E-state index in [9.17, 15) is 0 Å². The zero-order chi connectivity index (χ0) is 21.2. The van der Waals surface area contributed by atoms with Crippen molar-refractivity contribution in [1.82, 2.24) is 9.97 Å². The summed E-state index contributed by atoms with van der Waals surface area (Å²) in [6, 6.07) is 7.93. The number of pyridine rings is 2. The summed E-state index contributed by atoms with van der Waals surface area (Å²) in [5, 5.41) is 0. The third kappa shape index (κ3) is 4.87. The average molecular weight is 454 g/mol. The summed E-state index contributed by atoms with van der Waals surface area (Å²) in [7, 11) is -4.60. The van der Waals surface area contributed by atoms with Crippen LogP contribution in [0.25, 0.3) is 11.4 Å². The SMILES string of the molecule is CCO[P+]1(Cc2ccnc(-c3cc(C[P+]4(OCC)OC(C)O4)ccn3)c2)OC(C)O1. The lowest BCUT2D eigenvalue weighted by Gasteiger charge is -2.32. The predicted molar refractivity (Wildman–Crippen MR) is 115 cm³/mol. The Morgan fingerprint density at radius 3 is 1.50 bits per heavy atom. The molecular formula is C20H28N2O6P2+2. The molecule has 4 rings (SSSR count). The van der Waals surface area contributed by atoms with Crippen LogP contribution >= 0.6 is 15.9 Å². The van der Waals surface area contributed by atoms with Crippen LogP contribution in [0.1, 0.15) is 38.8 Å². The third-order valence-electron chi connectivity index (χ3n) is 4.55. The first-order chi connectivity index (χ1) is 14.4. The number of hydrogen-bond acceptors (Lipinski definition) is 8. The van der Waals surface area contributed by atoms with Crippen LogP contribution in [0.15, 0.2) is 36.7 Å². The summed E-state index contributed by atoms with van der Waals surface area (Å²) in [6.07, 6.45) is 4.28. The van der Waals surface area contributed by atoms with Gasteiger partial charge in [0.15, 0.2) is 12.3 Å². The van der Waals surface area contributed by atoms with Gasteiger partial charge in [-0.15, -0.1) is 18.1 Å². The Kier molecular flexibility index (Phi) is 6.78. The minimum absolute atomic E-state index is 0.218. The minimum atomic E-state index is -2.30. The predicted octanol–water partition coefficient (Wildman–Crippen LogP) is 5.53. The van der Waals surface area contributed by atoms with Gasteiger partial charge in [-0.25, -0.2) is 0 Å². The molecule has 4 heterocycles. The molecule has 0 radical (unpaired) electrons. The molecule has 10 heteroatoms. The Morgan fingerprint density at radius 1 is 0.767 bits per heavy atom. The van der Waals surface area contributed by atoms with Crippen LogP contribution in [0.5, 0.6) is 0 Å². The molecule has 0 unspecified atom stereocenters. The molecule has 2 saturated heterocycles. The maximum atomic E-state index is 5.83. The summed E-state index contributed by atoms with van der Waals surface area (Å²) in [5.41, 5.74) is 3.65. The van der Waals surface area contributed by atoms with E-state index in [1.807, 2.05) is 52.0 Å². The molecule has 0 amide bonds. The monoisotopic (exact) mass is 454 g/mol. The van der Waals surface area contributed by atoms with E-state index < -0.39 is 15.9 Å². The van der Waals surface area contributed by atoms with Gasteiger partial charge in [-0.3, -0.25) is 9.97 Å². The van der Waals surface area contributed by atoms with E-state index in [0.29, 0.717) is 25.5 Å². The van der Waals surface area contributed by atoms with E-state index in [1.165, 1.54) is 0 Å². The summed E-state index contributed by atoms with van der Waals surface area (Å²) in [6.45, 7) is 8.74. The van der Waals surface area contributed by atoms with Crippen LogP contribution in [0.3, 0.4) is 0 Å². The molecule has 0 N–H and O–H groups in total. The van der Waals surface area contributed by atoms with Gasteiger partial charge >= 0.3 is 15.9 Å². The van der Waals surface area contributed by atoms with Crippen LogP contribution in [0.2, 0.25) is 0 Å². The molecule has 0 saturated carbocycles. The highest BCUT2D eigenvalue weighted by Gasteiger charge is 2.59. The van der Waals surface area contributed by atoms with E-state index >= 15 is 0 Å². The molecule has 0 atom stereocenters. The van der Waals surface area contributed by atoms with Gasteiger partial charge < -0.3 is 0 Å². The van der Waals surface area contributed by atoms with Crippen molar-refractivity contribution in [2.75, 3.05) is 13.2 Å². The van der Waals surface area contributed by atoms with Gasteiger partial charge in [-0.05, 0) is 52.0 Å². The average Bonchev–Trinajstić information content (AvgIpc) is 2.67. The van der Waals surface area contributed by atoms with E-state index in [4.69, 9.17) is 27.1 Å². The van der Waals surface area contributed by atoms with Crippen molar-refractivity contribution in [3.05, 3.63) is 47.8 Å². The fourth-order valence-electron chi connectivity index (χ4n) is 3.55. The number of hydrogen-bond donors (Lipinski definition) is 0. The van der Waals surface area contributed by atoms with Crippen molar-refractivity contribution < 1.29 is 27.1 Å². The second-order valence-corrected chi connectivity index (χ2v) is 11.5. The Bertz CT molecular complexity index is 791. The van der Waals surface area contributed by atoms with Gasteiger partial charge in [0.1, 0.15) is 0 Å². The van der Waals surface area contributed by atoms with E-state index in [0.717, 1.165) is 22.5 Å². The maximum absolute atomic E-state index is 5.83. The molecular weight excluding hydrogens is 426 g/mol. The highest BCUT2D eigenvalue weighted by molar-refractivity contribution is 7.62. The van der Waals surface area contributed by atoms with Gasteiger partial charge in [0.2, 0.25) is 0 Å². The first kappa shape index (κ1) is 22.1. The molecule has 162 valence electrons. The summed E-state index contributed by atoms with van der Waals surface area (Å²) >= 11 is 0. The lowest BCUT2D eigenvalue weighted by atomic mass is 10.1. The van der Waals surface area contributed by atoms with Crippen molar-refractivity contribution in [2.24, 2.45) is 0 Å². The third-order valence-corrected chi connectivity index (χ3v) is 9.83. The Labute approximate surface area is 178 Å². The van der Waals surface area contributed by atoms with Gasteiger partial charge in [-0.1, -0.05) is 0 Å². The fraction of sp³-hybridized carbons (Fsp3) is 0.500. The van der Waals surface area contributed by atoms with Crippen LogP contribution in [-0.4, -0.2) is 35.8 Å². The van der Waals surface area contributed by atoms with Crippen molar-refractivity contribution in [3.63, 3.8) is 0 Å². The lowest BCUT2D eigenvalue weighted by Crippen LogP contribution is -2.29. The normalized spacial score (nSPS) is 30.5. The molecule has 2 aliphatic rings. The van der Waals surface area contributed by atoms with Gasteiger partial charge in [-0.2, -0.15) is 9.05 Å². The zero-order valence-corrected chi connectivity index (χ0v) is 19.5. The van der Waals surface area contributed by atoms with Gasteiger partial charge in [0, 0.05) is 23.5 Å². The highest BCUT2D eigenvalue weighted by Crippen LogP contribution is 2.73. The Morgan fingerprint density at radius 2 is 1.17 bits per heavy atom. The molecule has 0 spiro atoms. The number of rotatable bonds is 9. The van der Waals surface area contributed by atoms with Crippen LogP contribution in [0.4, 0.5) is 0 Å². The smallest absolute Gasteiger partial charge is 0.255 e. The largest absolute Gasteiger partial charge is 0.421 e. The molecule has 0 aliphatic carbocycles. The van der Waals surface area contributed by atoms with E-state index in [2.05, 4.69) is 9.97 Å². The second kappa shape index (κ2) is 9.19. The molecule has 2 aliphatic heterocycles. The van der Waals surface area contributed by atoms with Crippen molar-refractivity contribution in [2.45, 2.75) is 52.6 Å². The number of nitrogens with zero attached hydrogens (tertiary/aromatic N) is 2. The van der Waals surface area contributed by atoms with Gasteiger partial charge in [0.05, 0.1) is 24.6 Å². The minimum Gasteiger partial charge on any atom is -0.255 e. The van der Waals surface area contributed by atoms with Gasteiger partial charge in [0.25, 0.3) is 12.6 Å². The van der Waals surface area contributed by atoms with E-state index in [1.54, 1.807) is 12.4 Å². The van der Waals surface area contributed by atoms with Crippen molar-refractivity contribution >= 4 is 15.9 Å². The molecule has 2 fully saturated rings. The first-order valence-electron chi connectivity index (χ1n) is 10.1. The van der Waals surface area contributed by atoms with Crippen LogP contribution < -0.4 is 0 Å². The second-order valence-electron chi connectivity index (χ2n) is 7.03. The molecule has 0 bridgehead atoms. The Balaban J connectivity index is 1.51. The maximum Gasteiger partial charge on any atom is 0.421 e. The molecule has 30 heavy (non-hydrogen) atoms. The first-order valence-corrected chi connectivity index (χ1v) is 13.6. The fourth-order valence-corrected chi connectivity index (χ4v) is 8.19. The lowest BCUT2D eigenvalue weighted by molar-refractivity contribution is -0.105.